The summed E-state index contributed by atoms with van der Waals surface area (Å²) in [5.74, 6) is 0.370. The highest BCUT2D eigenvalue weighted by Gasteiger charge is 2.30. The van der Waals surface area contributed by atoms with Crippen LogP contribution in [-0.2, 0) is 4.79 Å². The van der Waals surface area contributed by atoms with E-state index in [1.165, 1.54) is 4.90 Å². The van der Waals surface area contributed by atoms with Crippen LogP contribution in [0.15, 0.2) is 36.8 Å². The molecular formula is C13H11ClN4O. The summed E-state index contributed by atoms with van der Waals surface area (Å²) in [7, 11) is 0. The van der Waals surface area contributed by atoms with Gasteiger partial charge < -0.3 is 0 Å². The van der Waals surface area contributed by atoms with Crippen molar-refractivity contribution in [1.29, 1.82) is 0 Å². The van der Waals surface area contributed by atoms with Gasteiger partial charge in [0.05, 0.1) is 11.1 Å². The molecule has 1 saturated heterocycles. The van der Waals surface area contributed by atoms with Gasteiger partial charge in [-0.1, -0.05) is 0 Å². The van der Waals surface area contributed by atoms with E-state index >= 15 is 0 Å². The number of pyridine rings is 1. The topological polar surface area (TPSA) is 59.0 Å². The van der Waals surface area contributed by atoms with Crippen LogP contribution in [0.3, 0.4) is 0 Å². The molecule has 19 heavy (non-hydrogen) atoms. The molecule has 1 unspecified atom stereocenters. The van der Waals surface area contributed by atoms with E-state index in [0.717, 1.165) is 11.3 Å². The van der Waals surface area contributed by atoms with Crippen molar-refractivity contribution in [1.82, 2.24) is 15.0 Å². The van der Waals surface area contributed by atoms with Crippen molar-refractivity contribution in [3.8, 4) is 11.3 Å². The molecule has 1 aliphatic rings. The predicted octanol–water partition coefficient (Wildman–Crippen LogP) is 1.88. The van der Waals surface area contributed by atoms with E-state index < -0.39 is 0 Å². The third kappa shape index (κ3) is 2.42. The van der Waals surface area contributed by atoms with Crippen molar-refractivity contribution in [2.75, 3.05) is 11.4 Å². The number of carbonyl (C=O) groups excluding carboxylic acids is 1. The number of hydrogen-bond donors (Lipinski definition) is 0. The number of nitrogens with zero attached hydrogens (tertiary/aromatic N) is 4. The minimum absolute atomic E-state index is 0.0353. The fourth-order valence-corrected chi connectivity index (χ4v) is 2.29. The van der Waals surface area contributed by atoms with Gasteiger partial charge in [0, 0.05) is 37.1 Å². The molecule has 3 heterocycles. The molecule has 1 aliphatic heterocycles. The van der Waals surface area contributed by atoms with Gasteiger partial charge in [0.25, 0.3) is 0 Å². The van der Waals surface area contributed by atoms with Gasteiger partial charge in [-0.15, -0.1) is 11.6 Å². The molecule has 1 atom stereocenters. The summed E-state index contributed by atoms with van der Waals surface area (Å²) in [6.07, 6.45) is 5.39. The molecule has 96 valence electrons. The van der Waals surface area contributed by atoms with Gasteiger partial charge in [-0.2, -0.15) is 0 Å². The Morgan fingerprint density at radius 3 is 2.68 bits per heavy atom. The van der Waals surface area contributed by atoms with Gasteiger partial charge in [0.15, 0.2) is 0 Å². The lowest BCUT2D eigenvalue weighted by Gasteiger charge is -2.13. The van der Waals surface area contributed by atoms with Gasteiger partial charge >= 0.3 is 0 Å². The zero-order chi connectivity index (χ0) is 13.2. The Kier molecular flexibility index (Phi) is 3.13. The smallest absolute Gasteiger partial charge is 0.232 e. The van der Waals surface area contributed by atoms with Crippen molar-refractivity contribution in [2.45, 2.75) is 11.8 Å². The summed E-state index contributed by atoms with van der Waals surface area (Å²) < 4.78 is 0. The second kappa shape index (κ2) is 4.93. The van der Waals surface area contributed by atoms with Crippen molar-refractivity contribution >= 4 is 23.5 Å². The van der Waals surface area contributed by atoms with E-state index in [1.807, 2.05) is 12.1 Å². The molecule has 6 heteroatoms. The molecule has 0 spiro atoms. The van der Waals surface area contributed by atoms with Crippen molar-refractivity contribution in [2.24, 2.45) is 0 Å². The van der Waals surface area contributed by atoms with Crippen LogP contribution in [0.25, 0.3) is 11.3 Å². The first kappa shape index (κ1) is 12.0. The summed E-state index contributed by atoms with van der Waals surface area (Å²) in [4.78, 5) is 25.9. The lowest BCUT2D eigenvalue weighted by molar-refractivity contribution is -0.117. The number of anilines is 1. The van der Waals surface area contributed by atoms with E-state index in [4.69, 9.17) is 11.6 Å². The molecule has 2 aromatic heterocycles. The first-order valence-electron chi connectivity index (χ1n) is 5.92. The average molecular weight is 275 g/mol. The maximum Gasteiger partial charge on any atom is 0.232 e. The van der Waals surface area contributed by atoms with Crippen LogP contribution in [0.4, 0.5) is 5.95 Å². The zero-order valence-corrected chi connectivity index (χ0v) is 10.8. The van der Waals surface area contributed by atoms with E-state index in [9.17, 15) is 4.79 Å². The number of aromatic nitrogens is 3. The molecule has 0 aromatic carbocycles. The maximum absolute atomic E-state index is 11.8. The van der Waals surface area contributed by atoms with E-state index in [0.29, 0.717) is 18.9 Å². The number of hydrogen-bond acceptors (Lipinski definition) is 4. The highest BCUT2D eigenvalue weighted by Crippen LogP contribution is 2.23. The largest absolute Gasteiger partial charge is 0.279 e. The lowest BCUT2D eigenvalue weighted by atomic mass is 10.2. The van der Waals surface area contributed by atoms with E-state index in [1.54, 1.807) is 24.7 Å². The quantitative estimate of drug-likeness (QED) is 0.785. The van der Waals surface area contributed by atoms with Crippen molar-refractivity contribution in [3.05, 3.63) is 36.8 Å². The second-order valence-electron chi connectivity index (χ2n) is 4.28. The van der Waals surface area contributed by atoms with Crippen LogP contribution in [-0.4, -0.2) is 32.8 Å². The molecule has 2 aromatic rings. The van der Waals surface area contributed by atoms with Crippen LogP contribution < -0.4 is 4.90 Å². The van der Waals surface area contributed by atoms with E-state index in [2.05, 4.69) is 15.0 Å². The van der Waals surface area contributed by atoms with Gasteiger partial charge in [0.1, 0.15) is 0 Å². The number of amides is 1. The Morgan fingerprint density at radius 1 is 1.21 bits per heavy atom. The van der Waals surface area contributed by atoms with Crippen LogP contribution in [0.1, 0.15) is 6.42 Å². The van der Waals surface area contributed by atoms with Crippen LogP contribution in [0, 0.1) is 0 Å². The molecule has 0 bridgehead atoms. The Hall–Kier alpha value is -2.01. The van der Waals surface area contributed by atoms with Crippen molar-refractivity contribution < 1.29 is 4.79 Å². The fourth-order valence-electron chi connectivity index (χ4n) is 2.02. The molecule has 3 rings (SSSR count). The standard InChI is InChI=1S/C13H11ClN4O/c14-10-7-12(19)18(8-10)13-16-6-3-11(17-13)9-1-4-15-5-2-9/h1-6,10H,7-8H2. The van der Waals surface area contributed by atoms with Crippen molar-refractivity contribution in [3.63, 3.8) is 0 Å². The molecule has 1 fully saturated rings. The highest BCUT2D eigenvalue weighted by molar-refractivity contribution is 6.24. The summed E-state index contributed by atoms with van der Waals surface area (Å²) in [6, 6.07) is 5.53. The summed E-state index contributed by atoms with van der Waals surface area (Å²) in [5, 5.41) is -0.166. The number of alkyl halides is 1. The summed E-state index contributed by atoms with van der Waals surface area (Å²) in [6.45, 7) is 0.459. The SMILES string of the molecule is O=C1CC(Cl)CN1c1nccc(-c2ccncc2)n1. The molecule has 0 N–H and O–H groups in total. The Bertz CT molecular complexity index is 605. The highest BCUT2D eigenvalue weighted by atomic mass is 35.5. The molecule has 1 amide bonds. The molecule has 0 aliphatic carbocycles. The molecular weight excluding hydrogens is 264 g/mol. The third-order valence-corrected chi connectivity index (χ3v) is 3.23. The Morgan fingerprint density at radius 2 is 2.00 bits per heavy atom. The first-order chi connectivity index (χ1) is 9.24. The normalized spacial score (nSPS) is 18.9. The first-order valence-corrected chi connectivity index (χ1v) is 6.35. The van der Waals surface area contributed by atoms with Crippen LogP contribution in [0.5, 0.6) is 0 Å². The monoisotopic (exact) mass is 274 g/mol. The number of carbonyl (C=O) groups is 1. The van der Waals surface area contributed by atoms with Crippen LogP contribution >= 0.6 is 11.6 Å². The maximum atomic E-state index is 11.8. The zero-order valence-electron chi connectivity index (χ0n) is 10.0. The fraction of sp³-hybridized carbons (Fsp3) is 0.231. The average Bonchev–Trinajstić information content (AvgIpc) is 2.79. The molecule has 0 saturated carbocycles. The van der Waals surface area contributed by atoms with Gasteiger partial charge in [-0.25, -0.2) is 9.97 Å². The number of halogens is 1. The molecule has 5 nitrogen and oxygen atoms in total. The van der Waals surface area contributed by atoms with Crippen LogP contribution in [0.2, 0.25) is 0 Å². The minimum Gasteiger partial charge on any atom is -0.279 e. The summed E-state index contributed by atoms with van der Waals surface area (Å²) in [5.41, 5.74) is 1.70. The van der Waals surface area contributed by atoms with Gasteiger partial charge in [-0.05, 0) is 18.2 Å². The van der Waals surface area contributed by atoms with Gasteiger partial charge in [0.2, 0.25) is 11.9 Å². The number of rotatable bonds is 2. The predicted molar refractivity (Wildman–Crippen MR) is 71.9 cm³/mol. The summed E-state index contributed by atoms with van der Waals surface area (Å²) >= 11 is 5.98. The lowest BCUT2D eigenvalue weighted by Crippen LogP contribution is -2.26. The van der Waals surface area contributed by atoms with Gasteiger partial charge in [-0.3, -0.25) is 14.7 Å². The van der Waals surface area contributed by atoms with E-state index in [-0.39, 0.29) is 11.3 Å². The Balaban J connectivity index is 1.95. The Labute approximate surface area is 115 Å². The third-order valence-electron chi connectivity index (χ3n) is 2.94. The molecule has 0 radical (unpaired) electrons. The minimum atomic E-state index is -0.166. The second-order valence-corrected chi connectivity index (χ2v) is 4.90.